The largest absolute Gasteiger partial charge is 0.480 e. The summed E-state index contributed by atoms with van der Waals surface area (Å²) in [6.45, 7) is 0.531. The lowest BCUT2D eigenvalue weighted by Crippen LogP contribution is -2.54. The van der Waals surface area contributed by atoms with Crippen molar-refractivity contribution in [2.24, 2.45) is 11.3 Å². The third-order valence-electron chi connectivity index (χ3n) is 7.07. The van der Waals surface area contributed by atoms with Crippen molar-refractivity contribution in [3.8, 4) is 0 Å². The molecule has 3 rings (SSSR count). The second-order valence-corrected chi connectivity index (χ2v) is 8.78. The van der Waals surface area contributed by atoms with Crippen LogP contribution in [0.15, 0.2) is 24.3 Å². The van der Waals surface area contributed by atoms with Gasteiger partial charge in [0.2, 0.25) is 5.91 Å². The fraction of sp³-hybridized carbons (Fsp3) is 0.652. The van der Waals surface area contributed by atoms with E-state index >= 15 is 0 Å². The summed E-state index contributed by atoms with van der Waals surface area (Å²) in [5.74, 6) is -0.591. The number of benzene rings is 1. The van der Waals surface area contributed by atoms with Crippen molar-refractivity contribution in [3.05, 3.63) is 35.4 Å². The van der Waals surface area contributed by atoms with Gasteiger partial charge in [-0.05, 0) is 54.6 Å². The lowest BCUT2D eigenvalue weighted by molar-refractivity contribution is -0.146. The average molecular weight is 403 g/mol. The summed E-state index contributed by atoms with van der Waals surface area (Å²) in [4.78, 5) is 23.4. The van der Waals surface area contributed by atoms with E-state index < -0.39 is 17.9 Å². The predicted octanol–water partition coefficient (Wildman–Crippen LogP) is 3.81. The van der Waals surface area contributed by atoms with Crippen molar-refractivity contribution in [2.75, 3.05) is 0 Å². The second kappa shape index (κ2) is 10.2. The molecule has 0 unspecified atom stereocenters. The van der Waals surface area contributed by atoms with Gasteiger partial charge >= 0.3 is 5.97 Å². The molecule has 6 heteroatoms. The zero-order valence-corrected chi connectivity index (χ0v) is 17.2. The van der Waals surface area contributed by atoms with Gasteiger partial charge in [0, 0.05) is 13.0 Å². The molecule has 1 atom stereocenters. The van der Waals surface area contributed by atoms with Gasteiger partial charge in [0.1, 0.15) is 6.04 Å². The monoisotopic (exact) mass is 402 g/mol. The standard InChI is InChI=1S/C23H34N2O4/c26-20(25-29)13-12-17-8-10-18(11-9-17)16-24-21(22(27)28)23(14-4-1-5-15-23)19-6-2-3-7-19/h8-11,19,21,24,29H,1-7,12-16H2,(H,25,26)(H,27,28)/t21-/m1/s1. The third-order valence-corrected chi connectivity index (χ3v) is 7.07. The van der Waals surface area contributed by atoms with Crippen LogP contribution in [0.25, 0.3) is 0 Å². The molecule has 6 nitrogen and oxygen atoms in total. The van der Waals surface area contributed by atoms with E-state index in [0.717, 1.165) is 36.8 Å². The molecule has 2 aliphatic carbocycles. The summed E-state index contributed by atoms with van der Waals surface area (Å²) in [7, 11) is 0. The molecule has 2 aliphatic rings. The Balaban J connectivity index is 1.65. The molecule has 0 saturated heterocycles. The van der Waals surface area contributed by atoms with Crippen LogP contribution in [0.5, 0.6) is 0 Å². The van der Waals surface area contributed by atoms with Crippen molar-refractivity contribution >= 4 is 11.9 Å². The number of aryl methyl sites for hydroxylation is 1. The van der Waals surface area contributed by atoms with Crippen LogP contribution < -0.4 is 10.8 Å². The smallest absolute Gasteiger partial charge is 0.321 e. The molecule has 0 aromatic heterocycles. The first-order chi connectivity index (χ1) is 14.0. The maximum atomic E-state index is 12.3. The topological polar surface area (TPSA) is 98.7 Å². The molecule has 1 aromatic rings. The Morgan fingerprint density at radius 3 is 2.21 bits per heavy atom. The van der Waals surface area contributed by atoms with E-state index in [1.54, 1.807) is 5.48 Å². The van der Waals surface area contributed by atoms with Crippen molar-refractivity contribution in [3.63, 3.8) is 0 Å². The molecule has 1 aromatic carbocycles. The van der Waals surface area contributed by atoms with E-state index in [2.05, 4.69) is 5.32 Å². The third kappa shape index (κ3) is 5.37. The van der Waals surface area contributed by atoms with E-state index in [1.165, 1.54) is 32.1 Å². The molecule has 0 heterocycles. The second-order valence-electron chi connectivity index (χ2n) is 8.78. The quantitative estimate of drug-likeness (QED) is 0.372. The van der Waals surface area contributed by atoms with Crippen molar-refractivity contribution in [1.82, 2.24) is 10.8 Å². The number of hydroxylamine groups is 1. The maximum absolute atomic E-state index is 12.3. The lowest BCUT2D eigenvalue weighted by atomic mass is 9.61. The molecule has 0 radical (unpaired) electrons. The van der Waals surface area contributed by atoms with Gasteiger partial charge in [0.15, 0.2) is 0 Å². The Morgan fingerprint density at radius 2 is 1.62 bits per heavy atom. The van der Waals surface area contributed by atoms with Gasteiger partial charge in [-0.15, -0.1) is 0 Å². The SMILES string of the molecule is O=C(CCc1ccc(CN[C@H](C(=O)O)C2(C3CCCC3)CCCCC2)cc1)NO. The average Bonchev–Trinajstić information content (AvgIpc) is 3.29. The van der Waals surface area contributed by atoms with Gasteiger partial charge in [-0.2, -0.15) is 0 Å². The Hall–Kier alpha value is -1.92. The minimum Gasteiger partial charge on any atom is -0.480 e. The van der Waals surface area contributed by atoms with Crippen LogP contribution in [0.2, 0.25) is 0 Å². The Labute approximate surface area is 173 Å². The van der Waals surface area contributed by atoms with E-state index in [0.29, 0.717) is 18.9 Å². The molecule has 2 saturated carbocycles. The van der Waals surface area contributed by atoms with Crippen LogP contribution in [0, 0.1) is 11.3 Å². The Morgan fingerprint density at radius 1 is 1.00 bits per heavy atom. The molecule has 0 bridgehead atoms. The molecule has 160 valence electrons. The van der Waals surface area contributed by atoms with E-state index in [9.17, 15) is 14.7 Å². The van der Waals surface area contributed by atoms with Crippen molar-refractivity contribution in [2.45, 2.75) is 83.2 Å². The normalized spacial score (nSPS) is 20.3. The minimum absolute atomic E-state index is 0.113. The number of carbonyl (C=O) groups excluding carboxylic acids is 1. The summed E-state index contributed by atoms with van der Waals surface area (Å²) < 4.78 is 0. The molecule has 2 fully saturated rings. The molecule has 0 aliphatic heterocycles. The molecular formula is C23H34N2O4. The molecule has 0 spiro atoms. The number of carboxylic acids is 1. The highest BCUT2D eigenvalue weighted by molar-refractivity contribution is 5.75. The van der Waals surface area contributed by atoms with Crippen LogP contribution in [-0.4, -0.2) is 28.2 Å². The molecule has 4 N–H and O–H groups in total. The fourth-order valence-corrected chi connectivity index (χ4v) is 5.54. The maximum Gasteiger partial charge on any atom is 0.321 e. The first-order valence-corrected chi connectivity index (χ1v) is 11.0. The number of nitrogens with one attached hydrogen (secondary N) is 2. The van der Waals surface area contributed by atoms with Crippen molar-refractivity contribution in [1.29, 1.82) is 0 Å². The molecule has 1 amide bonds. The van der Waals surface area contributed by atoms with Crippen LogP contribution in [0.4, 0.5) is 0 Å². The Kier molecular flexibility index (Phi) is 7.67. The number of rotatable bonds is 9. The van der Waals surface area contributed by atoms with Gasteiger partial charge in [-0.25, -0.2) is 5.48 Å². The van der Waals surface area contributed by atoms with E-state index in [-0.39, 0.29) is 11.8 Å². The summed E-state index contributed by atoms with van der Waals surface area (Å²) in [5.41, 5.74) is 3.59. The van der Waals surface area contributed by atoms with Crippen LogP contribution >= 0.6 is 0 Å². The van der Waals surface area contributed by atoms with Crippen LogP contribution in [-0.2, 0) is 22.6 Å². The van der Waals surface area contributed by atoms with E-state index in [1.807, 2.05) is 24.3 Å². The molecular weight excluding hydrogens is 368 g/mol. The van der Waals surface area contributed by atoms with Gasteiger partial charge in [-0.1, -0.05) is 56.4 Å². The van der Waals surface area contributed by atoms with Gasteiger partial charge in [-0.3, -0.25) is 20.1 Å². The first kappa shape index (κ1) is 21.8. The summed E-state index contributed by atoms with van der Waals surface area (Å²) >= 11 is 0. The van der Waals surface area contributed by atoms with Gasteiger partial charge in [0.05, 0.1) is 0 Å². The highest BCUT2D eigenvalue weighted by Gasteiger charge is 2.49. The number of aliphatic carboxylic acids is 1. The molecule has 29 heavy (non-hydrogen) atoms. The van der Waals surface area contributed by atoms with Crippen molar-refractivity contribution < 1.29 is 19.9 Å². The zero-order valence-electron chi connectivity index (χ0n) is 17.2. The van der Waals surface area contributed by atoms with Crippen LogP contribution in [0.1, 0.15) is 75.3 Å². The highest BCUT2D eigenvalue weighted by atomic mass is 16.5. The fourth-order valence-electron chi connectivity index (χ4n) is 5.54. The first-order valence-electron chi connectivity index (χ1n) is 11.0. The number of carboxylic acid groups (broad SMARTS) is 1. The summed E-state index contributed by atoms with van der Waals surface area (Å²) in [5, 5.41) is 22.1. The number of carbonyl (C=O) groups is 2. The number of amides is 1. The van der Waals surface area contributed by atoms with Gasteiger partial charge in [0.25, 0.3) is 0 Å². The highest BCUT2D eigenvalue weighted by Crippen LogP contribution is 2.51. The minimum atomic E-state index is -0.717. The lowest BCUT2D eigenvalue weighted by Gasteiger charge is -2.46. The van der Waals surface area contributed by atoms with Crippen LogP contribution in [0.3, 0.4) is 0 Å². The van der Waals surface area contributed by atoms with E-state index in [4.69, 9.17) is 5.21 Å². The predicted molar refractivity (Wildman–Crippen MR) is 110 cm³/mol. The Bertz CT molecular complexity index is 677. The zero-order chi connectivity index (χ0) is 20.7. The summed E-state index contributed by atoms with van der Waals surface area (Å²) in [6.07, 6.45) is 11.1. The number of hydrogen-bond donors (Lipinski definition) is 4. The summed E-state index contributed by atoms with van der Waals surface area (Å²) in [6, 6.07) is 7.40. The van der Waals surface area contributed by atoms with Gasteiger partial charge < -0.3 is 5.11 Å². The number of hydrogen-bond acceptors (Lipinski definition) is 4.